The molecular weight excluding hydrogens is 200 g/mol. The molecule has 2 nitrogen and oxygen atoms in total. The molecule has 1 rings (SSSR count). The smallest absolute Gasteiger partial charge is 0.158 e. The second kappa shape index (κ2) is 8.08. The van der Waals surface area contributed by atoms with Crippen molar-refractivity contribution < 1.29 is 9.47 Å². The average Bonchev–Trinajstić information content (AvgIpc) is 2.22. The van der Waals surface area contributed by atoms with E-state index in [2.05, 4.69) is 20.8 Å². The molecule has 2 heteroatoms. The van der Waals surface area contributed by atoms with Gasteiger partial charge in [0.1, 0.15) is 0 Å². The van der Waals surface area contributed by atoms with E-state index in [0.717, 1.165) is 12.8 Å². The SMILES string of the molecule is CCCCCCCCC1O[C@H](C)C[C@H](C)O1. The van der Waals surface area contributed by atoms with E-state index in [1.165, 1.54) is 38.5 Å². The third kappa shape index (κ3) is 5.86. The summed E-state index contributed by atoms with van der Waals surface area (Å²) < 4.78 is 11.5. The summed E-state index contributed by atoms with van der Waals surface area (Å²) in [6.45, 7) is 6.55. The van der Waals surface area contributed by atoms with E-state index in [0.29, 0.717) is 12.2 Å². The van der Waals surface area contributed by atoms with Crippen LogP contribution in [0.25, 0.3) is 0 Å². The fourth-order valence-electron chi connectivity index (χ4n) is 2.36. The molecule has 1 heterocycles. The van der Waals surface area contributed by atoms with Gasteiger partial charge in [0.05, 0.1) is 12.2 Å². The summed E-state index contributed by atoms with van der Waals surface area (Å²) in [4.78, 5) is 0. The molecule has 1 aliphatic heterocycles. The molecule has 1 fully saturated rings. The Balaban J connectivity index is 1.99. The molecular formula is C14H28O2. The van der Waals surface area contributed by atoms with Crippen LogP contribution in [0.4, 0.5) is 0 Å². The Labute approximate surface area is 101 Å². The molecule has 16 heavy (non-hydrogen) atoms. The summed E-state index contributed by atoms with van der Waals surface area (Å²) in [5.74, 6) is 0. The van der Waals surface area contributed by atoms with E-state index in [9.17, 15) is 0 Å². The van der Waals surface area contributed by atoms with Crippen molar-refractivity contribution in [1.29, 1.82) is 0 Å². The highest BCUT2D eigenvalue weighted by atomic mass is 16.7. The summed E-state index contributed by atoms with van der Waals surface area (Å²) in [5.41, 5.74) is 0. The van der Waals surface area contributed by atoms with Crippen molar-refractivity contribution in [2.45, 2.75) is 90.6 Å². The number of hydrogen-bond acceptors (Lipinski definition) is 2. The second-order valence-electron chi connectivity index (χ2n) is 5.12. The van der Waals surface area contributed by atoms with Gasteiger partial charge >= 0.3 is 0 Å². The van der Waals surface area contributed by atoms with Crippen molar-refractivity contribution in [3.8, 4) is 0 Å². The van der Waals surface area contributed by atoms with Crippen LogP contribution < -0.4 is 0 Å². The molecule has 1 saturated heterocycles. The molecule has 3 atom stereocenters. The number of unbranched alkanes of at least 4 members (excludes halogenated alkanes) is 5. The fourth-order valence-corrected chi connectivity index (χ4v) is 2.36. The zero-order chi connectivity index (χ0) is 11.8. The molecule has 1 aliphatic rings. The number of rotatable bonds is 7. The van der Waals surface area contributed by atoms with Crippen LogP contribution in [0.1, 0.15) is 72.1 Å². The molecule has 0 amide bonds. The van der Waals surface area contributed by atoms with E-state index < -0.39 is 0 Å². The first kappa shape index (κ1) is 14.0. The lowest BCUT2D eigenvalue weighted by atomic mass is 10.1. The molecule has 0 aromatic rings. The van der Waals surface area contributed by atoms with Crippen molar-refractivity contribution in [3.05, 3.63) is 0 Å². The maximum Gasteiger partial charge on any atom is 0.158 e. The standard InChI is InChI=1S/C14H28O2/c1-4-5-6-7-8-9-10-14-15-12(2)11-13(3)16-14/h12-14H,4-11H2,1-3H3/t12-,13+,14?. The largest absolute Gasteiger partial charge is 0.350 e. The van der Waals surface area contributed by atoms with Gasteiger partial charge in [0.2, 0.25) is 0 Å². The van der Waals surface area contributed by atoms with Gasteiger partial charge in [0.25, 0.3) is 0 Å². The minimum Gasteiger partial charge on any atom is -0.350 e. The lowest BCUT2D eigenvalue weighted by molar-refractivity contribution is -0.236. The third-order valence-corrected chi connectivity index (χ3v) is 3.23. The molecule has 0 bridgehead atoms. The summed E-state index contributed by atoms with van der Waals surface area (Å²) >= 11 is 0. The molecule has 0 N–H and O–H groups in total. The Bertz CT molecular complexity index is 160. The average molecular weight is 228 g/mol. The van der Waals surface area contributed by atoms with Crippen LogP contribution in [0, 0.1) is 0 Å². The van der Waals surface area contributed by atoms with Gasteiger partial charge in [-0.2, -0.15) is 0 Å². The Hall–Kier alpha value is -0.0800. The molecule has 0 aromatic carbocycles. The van der Waals surface area contributed by atoms with Gasteiger partial charge in [-0.05, 0) is 33.1 Å². The highest BCUT2D eigenvalue weighted by molar-refractivity contribution is 4.65. The van der Waals surface area contributed by atoms with E-state index in [1.807, 2.05) is 0 Å². The van der Waals surface area contributed by atoms with Gasteiger partial charge in [-0.3, -0.25) is 0 Å². The Morgan fingerprint density at radius 1 is 0.875 bits per heavy atom. The Morgan fingerprint density at radius 3 is 2.06 bits per heavy atom. The van der Waals surface area contributed by atoms with Gasteiger partial charge in [-0.1, -0.05) is 39.0 Å². The lowest BCUT2D eigenvalue weighted by Gasteiger charge is -2.32. The van der Waals surface area contributed by atoms with Gasteiger partial charge in [-0.25, -0.2) is 0 Å². The summed E-state index contributed by atoms with van der Waals surface area (Å²) in [5, 5.41) is 0. The van der Waals surface area contributed by atoms with Crippen LogP contribution in [-0.2, 0) is 9.47 Å². The first-order valence-corrected chi connectivity index (χ1v) is 7.03. The van der Waals surface area contributed by atoms with Crippen molar-refractivity contribution in [1.82, 2.24) is 0 Å². The molecule has 0 aromatic heterocycles. The molecule has 1 unspecified atom stereocenters. The molecule has 0 spiro atoms. The highest BCUT2D eigenvalue weighted by Gasteiger charge is 2.24. The van der Waals surface area contributed by atoms with Gasteiger partial charge in [0, 0.05) is 0 Å². The van der Waals surface area contributed by atoms with E-state index in [4.69, 9.17) is 9.47 Å². The van der Waals surface area contributed by atoms with Gasteiger partial charge in [0.15, 0.2) is 6.29 Å². The summed E-state index contributed by atoms with van der Waals surface area (Å²) in [7, 11) is 0. The lowest BCUT2D eigenvalue weighted by Crippen LogP contribution is -2.35. The van der Waals surface area contributed by atoms with E-state index >= 15 is 0 Å². The normalized spacial score (nSPS) is 30.6. The monoisotopic (exact) mass is 228 g/mol. The Morgan fingerprint density at radius 2 is 1.44 bits per heavy atom. The van der Waals surface area contributed by atoms with Crippen LogP contribution in [0.5, 0.6) is 0 Å². The second-order valence-corrected chi connectivity index (χ2v) is 5.12. The topological polar surface area (TPSA) is 18.5 Å². The molecule has 0 aliphatic carbocycles. The Kier molecular flexibility index (Phi) is 7.06. The summed E-state index contributed by atoms with van der Waals surface area (Å²) in [6, 6.07) is 0. The first-order chi connectivity index (χ1) is 7.72. The zero-order valence-corrected chi connectivity index (χ0v) is 11.2. The van der Waals surface area contributed by atoms with Crippen molar-refractivity contribution in [2.24, 2.45) is 0 Å². The quantitative estimate of drug-likeness (QED) is 0.606. The maximum atomic E-state index is 5.76. The molecule has 0 saturated carbocycles. The number of hydrogen-bond donors (Lipinski definition) is 0. The fraction of sp³-hybridized carbons (Fsp3) is 1.00. The predicted molar refractivity (Wildman–Crippen MR) is 67.5 cm³/mol. The maximum absolute atomic E-state index is 5.76. The van der Waals surface area contributed by atoms with Crippen molar-refractivity contribution in [2.75, 3.05) is 0 Å². The van der Waals surface area contributed by atoms with Crippen LogP contribution >= 0.6 is 0 Å². The van der Waals surface area contributed by atoms with Crippen LogP contribution in [0.3, 0.4) is 0 Å². The van der Waals surface area contributed by atoms with Crippen LogP contribution in [0.15, 0.2) is 0 Å². The third-order valence-electron chi connectivity index (χ3n) is 3.23. The van der Waals surface area contributed by atoms with Gasteiger partial charge in [-0.15, -0.1) is 0 Å². The zero-order valence-electron chi connectivity index (χ0n) is 11.2. The molecule has 0 radical (unpaired) electrons. The van der Waals surface area contributed by atoms with Crippen LogP contribution in [0.2, 0.25) is 0 Å². The van der Waals surface area contributed by atoms with E-state index in [-0.39, 0.29) is 6.29 Å². The first-order valence-electron chi connectivity index (χ1n) is 7.03. The minimum absolute atomic E-state index is 0.0601. The van der Waals surface area contributed by atoms with E-state index in [1.54, 1.807) is 0 Å². The van der Waals surface area contributed by atoms with Gasteiger partial charge < -0.3 is 9.47 Å². The summed E-state index contributed by atoms with van der Waals surface area (Å²) in [6.07, 6.45) is 10.9. The molecule has 96 valence electrons. The number of ether oxygens (including phenoxy) is 2. The highest BCUT2D eigenvalue weighted by Crippen LogP contribution is 2.21. The predicted octanol–water partition coefficient (Wildman–Crippen LogP) is 4.28. The minimum atomic E-state index is 0.0601. The van der Waals surface area contributed by atoms with Crippen LogP contribution in [-0.4, -0.2) is 18.5 Å². The van der Waals surface area contributed by atoms with Crippen molar-refractivity contribution in [3.63, 3.8) is 0 Å². The van der Waals surface area contributed by atoms with Crippen molar-refractivity contribution >= 4 is 0 Å².